The van der Waals surface area contributed by atoms with Crippen LogP contribution in [0.5, 0.6) is 0 Å². The Bertz CT molecular complexity index is 525. The first-order chi connectivity index (χ1) is 8.70. The predicted molar refractivity (Wildman–Crippen MR) is 71.3 cm³/mol. The number of nitrogens with zero attached hydrogens (tertiary/aromatic N) is 2. The van der Waals surface area contributed by atoms with Crippen molar-refractivity contribution in [3.63, 3.8) is 0 Å². The van der Waals surface area contributed by atoms with Crippen molar-refractivity contribution >= 4 is 17.3 Å². The van der Waals surface area contributed by atoms with Crippen molar-refractivity contribution in [2.24, 2.45) is 0 Å². The summed E-state index contributed by atoms with van der Waals surface area (Å²) < 4.78 is 15.2. The van der Waals surface area contributed by atoms with Gasteiger partial charge in [-0.15, -0.1) is 0 Å². The molecule has 0 saturated heterocycles. The molecule has 18 heavy (non-hydrogen) atoms. The smallest absolute Gasteiger partial charge is 0.143 e. The number of anilines is 1. The van der Waals surface area contributed by atoms with E-state index in [4.69, 9.17) is 11.6 Å². The van der Waals surface area contributed by atoms with E-state index in [1.54, 1.807) is 18.3 Å². The topological polar surface area (TPSA) is 29.9 Å². The number of hydrogen-bond acceptors (Lipinski definition) is 2. The average Bonchev–Trinajstić information content (AvgIpc) is 2.79. The van der Waals surface area contributed by atoms with Crippen LogP contribution < -0.4 is 5.32 Å². The second-order valence-corrected chi connectivity index (χ2v) is 4.44. The van der Waals surface area contributed by atoms with Crippen LogP contribution in [0.3, 0.4) is 0 Å². The van der Waals surface area contributed by atoms with E-state index in [9.17, 15) is 4.39 Å². The zero-order valence-electron chi connectivity index (χ0n) is 10.2. The van der Waals surface area contributed by atoms with Crippen molar-refractivity contribution in [2.75, 3.05) is 5.32 Å². The third kappa shape index (κ3) is 3.01. The molecular formula is C13H15ClFN3. The zero-order valence-corrected chi connectivity index (χ0v) is 10.9. The molecular weight excluding hydrogens is 253 g/mol. The molecule has 0 spiro atoms. The molecule has 2 aromatic rings. The quantitative estimate of drug-likeness (QED) is 0.895. The van der Waals surface area contributed by atoms with Gasteiger partial charge in [0.25, 0.3) is 0 Å². The van der Waals surface area contributed by atoms with Crippen LogP contribution in [0, 0.1) is 5.82 Å². The molecule has 0 amide bonds. The van der Waals surface area contributed by atoms with E-state index < -0.39 is 5.82 Å². The van der Waals surface area contributed by atoms with Crippen LogP contribution in [0.4, 0.5) is 10.1 Å². The number of nitrogens with one attached hydrogen (secondary N) is 1. The Morgan fingerprint density at radius 2 is 2.22 bits per heavy atom. The van der Waals surface area contributed by atoms with Gasteiger partial charge in [-0.3, -0.25) is 4.68 Å². The fourth-order valence-electron chi connectivity index (χ4n) is 1.72. The van der Waals surface area contributed by atoms with Gasteiger partial charge in [0.1, 0.15) is 5.82 Å². The van der Waals surface area contributed by atoms with Crippen molar-refractivity contribution in [2.45, 2.75) is 26.4 Å². The van der Waals surface area contributed by atoms with Gasteiger partial charge in [0.05, 0.1) is 17.3 Å². The normalized spacial score (nSPS) is 10.6. The molecule has 1 N–H and O–H groups in total. The van der Waals surface area contributed by atoms with Gasteiger partial charge in [-0.05, 0) is 30.7 Å². The van der Waals surface area contributed by atoms with E-state index in [-0.39, 0.29) is 5.02 Å². The van der Waals surface area contributed by atoms with Gasteiger partial charge in [0, 0.05) is 18.4 Å². The van der Waals surface area contributed by atoms with E-state index in [2.05, 4.69) is 17.3 Å². The molecule has 0 radical (unpaired) electrons. The zero-order chi connectivity index (χ0) is 13.0. The fraction of sp³-hybridized carbons (Fsp3) is 0.308. The molecule has 0 aliphatic rings. The van der Waals surface area contributed by atoms with E-state index in [0.717, 1.165) is 18.7 Å². The van der Waals surface area contributed by atoms with E-state index in [0.29, 0.717) is 12.2 Å². The molecule has 96 valence electrons. The lowest BCUT2D eigenvalue weighted by Gasteiger charge is -2.09. The lowest BCUT2D eigenvalue weighted by Crippen LogP contribution is -2.09. The molecule has 2 rings (SSSR count). The van der Waals surface area contributed by atoms with Crippen molar-refractivity contribution in [3.8, 4) is 0 Å². The molecule has 0 unspecified atom stereocenters. The summed E-state index contributed by atoms with van der Waals surface area (Å²) in [5.41, 5.74) is 1.79. The lowest BCUT2D eigenvalue weighted by atomic mass is 10.3. The summed E-state index contributed by atoms with van der Waals surface area (Å²) in [6, 6.07) is 6.65. The first kappa shape index (κ1) is 12.9. The molecule has 1 aromatic carbocycles. The summed E-state index contributed by atoms with van der Waals surface area (Å²) in [4.78, 5) is 0. The van der Waals surface area contributed by atoms with Gasteiger partial charge in [0.15, 0.2) is 0 Å². The summed E-state index contributed by atoms with van der Waals surface area (Å²) in [5.74, 6) is -0.413. The highest BCUT2D eigenvalue weighted by Crippen LogP contribution is 2.19. The molecule has 3 nitrogen and oxygen atoms in total. The van der Waals surface area contributed by atoms with Crippen LogP contribution in [-0.4, -0.2) is 9.78 Å². The van der Waals surface area contributed by atoms with Crippen molar-refractivity contribution in [1.82, 2.24) is 9.78 Å². The van der Waals surface area contributed by atoms with Crippen molar-refractivity contribution in [1.29, 1.82) is 0 Å². The Morgan fingerprint density at radius 3 is 2.94 bits per heavy atom. The highest BCUT2D eigenvalue weighted by atomic mass is 35.5. The van der Waals surface area contributed by atoms with Gasteiger partial charge >= 0.3 is 0 Å². The Morgan fingerprint density at radius 1 is 1.39 bits per heavy atom. The maximum absolute atomic E-state index is 13.3. The summed E-state index contributed by atoms with van der Waals surface area (Å²) >= 11 is 5.63. The molecule has 0 fully saturated rings. The highest BCUT2D eigenvalue weighted by Gasteiger charge is 2.03. The minimum atomic E-state index is -0.413. The Hall–Kier alpha value is -1.55. The molecule has 0 aliphatic heterocycles. The van der Waals surface area contributed by atoms with Crippen molar-refractivity contribution < 1.29 is 4.39 Å². The summed E-state index contributed by atoms with van der Waals surface area (Å²) in [6.45, 7) is 3.60. The molecule has 0 saturated carbocycles. The van der Waals surface area contributed by atoms with E-state index >= 15 is 0 Å². The molecule has 0 aliphatic carbocycles. The maximum atomic E-state index is 13.3. The minimum absolute atomic E-state index is 0.136. The van der Waals surface area contributed by atoms with Gasteiger partial charge in [-0.1, -0.05) is 18.5 Å². The van der Waals surface area contributed by atoms with Crippen LogP contribution in [0.25, 0.3) is 0 Å². The van der Waals surface area contributed by atoms with Gasteiger partial charge in [-0.2, -0.15) is 5.10 Å². The van der Waals surface area contributed by atoms with Crippen LogP contribution in [0.15, 0.2) is 30.5 Å². The third-order valence-corrected chi connectivity index (χ3v) is 2.94. The van der Waals surface area contributed by atoms with Gasteiger partial charge in [-0.25, -0.2) is 4.39 Å². The van der Waals surface area contributed by atoms with E-state index in [1.165, 1.54) is 6.07 Å². The average molecular weight is 268 g/mol. The van der Waals surface area contributed by atoms with Gasteiger partial charge in [0.2, 0.25) is 0 Å². The van der Waals surface area contributed by atoms with Gasteiger partial charge < -0.3 is 5.32 Å². The summed E-state index contributed by atoms with van der Waals surface area (Å²) in [5, 5.41) is 7.52. The van der Waals surface area contributed by atoms with Crippen LogP contribution in [-0.2, 0) is 13.1 Å². The lowest BCUT2D eigenvalue weighted by molar-refractivity contribution is 0.578. The second-order valence-electron chi connectivity index (χ2n) is 4.03. The number of benzene rings is 1. The number of aromatic nitrogens is 2. The Kier molecular flexibility index (Phi) is 4.20. The predicted octanol–water partition coefficient (Wildman–Crippen LogP) is 3.70. The number of halogens is 2. The maximum Gasteiger partial charge on any atom is 0.143 e. The fourth-order valence-corrected chi connectivity index (χ4v) is 1.84. The standard InChI is InChI=1S/C13H15ClFN3/c1-2-7-18-11(5-6-17-18)9-16-10-3-4-12(14)13(15)8-10/h3-6,8,16H,2,7,9H2,1H3. The summed E-state index contributed by atoms with van der Waals surface area (Å²) in [6.07, 6.45) is 2.80. The third-order valence-electron chi connectivity index (χ3n) is 2.63. The first-order valence-electron chi connectivity index (χ1n) is 5.90. The molecule has 1 heterocycles. The van der Waals surface area contributed by atoms with E-state index in [1.807, 2.05) is 10.7 Å². The van der Waals surface area contributed by atoms with Crippen LogP contribution in [0.2, 0.25) is 5.02 Å². The Balaban J connectivity index is 2.02. The first-order valence-corrected chi connectivity index (χ1v) is 6.28. The number of rotatable bonds is 5. The second kappa shape index (κ2) is 5.87. The highest BCUT2D eigenvalue weighted by molar-refractivity contribution is 6.30. The number of aryl methyl sites for hydroxylation is 1. The number of hydrogen-bond donors (Lipinski definition) is 1. The monoisotopic (exact) mass is 267 g/mol. The van der Waals surface area contributed by atoms with Crippen LogP contribution >= 0.6 is 11.6 Å². The minimum Gasteiger partial charge on any atom is -0.379 e. The largest absolute Gasteiger partial charge is 0.379 e. The Labute approximate surface area is 111 Å². The molecule has 1 aromatic heterocycles. The molecule has 5 heteroatoms. The summed E-state index contributed by atoms with van der Waals surface area (Å²) in [7, 11) is 0. The van der Waals surface area contributed by atoms with Crippen molar-refractivity contribution in [3.05, 3.63) is 47.0 Å². The molecule has 0 bridgehead atoms. The molecule has 0 atom stereocenters. The van der Waals surface area contributed by atoms with Crippen LogP contribution in [0.1, 0.15) is 19.0 Å². The SMILES string of the molecule is CCCn1nccc1CNc1ccc(Cl)c(F)c1.